The number of phenols is 2. The number of benzene rings is 2. The first-order chi connectivity index (χ1) is 14.5. The Kier molecular flexibility index (Phi) is 5.53. The second-order valence-corrected chi connectivity index (χ2v) is 7.38. The maximum Gasteiger partial charge on any atom is 0.200 e. The largest absolute Gasteiger partial charge is 0.502 e. The Balaban J connectivity index is 1.63. The molecule has 2 heterocycles. The molecule has 4 rings (SSSR count). The molecule has 8 heteroatoms. The van der Waals surface area contributed by atoms with E-state index in [9.17, 15) is 10.2 Å². The topological polar surface area (TPSA) is 95.8 Å². The fraction of sp³-hybridized carbons (Fsp3) is 0.455. The van der Waals surface area contributed by atoms with E-state index in [0.29, 0.717) is 36.2 Å². The quantitative estimate of drug-likeness (QED) is 0.738. The van der Waals surface area contributed by atoms with Gasteiger partial charge in [-0.2, -0.15) is 0 Å². The minimum atomic E-state index is -0.218. The van der Waals surface area contributed by atoms with Crippen molar-refractivity contribution >= 4 is 0 Å². The molecular formula is C22H26O8. The molecule has 0 radical (unpaired) electrons. The van der Waals surface area contributed by atoms with Crippen molar-refractivity contribution in [3.8, 4) is 34.5 Å². The summed E-state index contributed by atoms with van der Waals surface area (Å²) in [6.07, 6.45) is -0.436. The third-order valence-corrected chi connectivity index (χ3v) is 5.93. The standard InChI is InChI=1S/C22H26O8/c1-25-15-5-11(6-16(26-2)19(15)23)21-13-9-30-22(14(13)10-29-21)12-7-17(27-3)20(24)18(8-12)28-4/h5-8,13-14,21-24H,9-10H2,1-4H3/t13-,14+,21-,22-/m0/s1. The van der Waals surface area contributed by atoms with Gasteiger partial charge in [0.2, 0.25) is 11.5 Å². The first kappa shape index (κ1) is 20.4. The van der Waals surface area contributed by atoms with Crippen molar-refractivity contribution in [2.45, 2.75) is 12.2 Å². The molecule has 162 valence electrons. The minimum Gasteiger partial charge on any atom is -0.502 e. The van der Waals surface area contributed by atoms with E-state index in [1.807, 2.05) is 0 Å². The van der Waals surface area contributed by atoms with Gasteiger partial charge in [-0.25, -0.2) is 0 Å². The average molecular weight is 418 g/mol. The highest BCUT2D eigenvalue weighted by Crippen LogP contribution is 2.53. The fourth-order valence-corrected chi connectivity index (χ4v) is 4.39. The lowest BCUT2D eigenvalue weighted by Gasteiger charge is -2.19. The van der Waals surface area contributed by atoms with Crippen LogP contribution in [0.4, 0.5) is 0 Å². The van der Waals surface area contributed by atoms with Crippen LogP contribution >= 0.6 is 0 Å². The van der Waals surface area contributed by atoms with E-state index in [4.69, 9.17) is 28.4 Å². The van der Waals surface area contributed by atoms with E-state index in [-0.39, 0.29) is 35.5 Å². The molecule has 0 unspecified atom stereocenters. The highest BCUT2D eigenvalue weighted by atomic mass is 16.5. The molecular weight excluding hydrogens is 392 g/mol. The van der Waals surface area contributed by atoms with Crippen LogP contribution in [0.3, 0.4) is 0 Å². The summed E-state index contributed by atoms with van der Waals surface area (Å²) in [5.74, 6) is 1.48. The van der Waals surface area contributed by atoms with Crippen molar-refractivity contribution < 1.29 is 38.6 Å². The zero-order chi connectivity index (χ0) is 21.4. The summed E-state index contributed by atoms with van der Waals surface area (Å²) in [6, 6.07) is 7.07. The summed E-state index contributed by atoms with van der Waals surface area (Å²) in [7, 11) is 5.99. The number of phenolic OH excluding ortho intramolecular Hbond substituents is 2. The van der Waals surface area contributed by atoms with E-state index in [2.05, 4.69) is 0 Å². The number of hydrogen-bond acceptors (Lipinski definition) is 8. The second-order valence-electron chi connectivity index (χ2n) is 7.38. The molecule has 2 aliphatic heterocycles. The van der Waals surface area contributed by atoms with Gasteiger partial charge >= 0.3 is 0 Å². The Morgan fingerprint density at radius 2 is 0.933 bits per heavy atom. The molecule has 8 nitrogen and oxygen atoms in total. The molecule has 2 aromatic rings. The lowest BCUT2D eigenvalue weighted by atomic mass is 9.84. The highest BCUT2D eigenvalue weighted by molar-refractivity contribution is 5.54. The van der Waals surface area contributed by atoms with Gasteiger partial charge in [0.25, 0.3) is 0 Å². The van der Waals surface area contributed by atoms with Crippen LogP contribution in [-0.2, 0) is 9.47 Å². The average Bonchev–Trinajstić information content (AvgIpc) is 3.36. The van der Waals surface area contributed by atoms with E-state index in [0.717, 1.165) is 11.1 Å². The molecule has 2 fully saturated rings. The van der Waals surface area contributed by atoms with Crippen molar-refractivity contribution in [2.75, 3.05) is 41.7 Å². The van der Waals surface area contributed by atoms with Gasteiger partial charge in [-0.05, 0) is 35.4 Å². The number of fused-ring (bicyclic) bond motifs is 1. The van der Waals surface area contributed by atoms with Crippen molar-refractivity contribution in [3.63, 3.8) is 0 Å². The fourth-order valence-electron chi connectivity index (χ4n) is 4.39. The van der Waals surface area contributed by atoms with Gasteiger partial charge < -0.3 is 38.6 Å². The molecule has 0 aromatic heterocycles. The van der Waals surface area contributed by atoms with Crippen LogP contribution in [0, 0.1) is 11.8 Å². The van der Waals surface area contributed by atoms with E-state index in [1.54, 1.807) is 24.3 Å². The Morgan fingerprint density at radius 3 is 1.20 bits per heavy atom. The molecule has 2 aromatic carbocycles. The number of methoxy groups -OCH3 is 4. The minimum absolute atomic E-state index is 0.0397. The Hall–Kier alpha value is -2.84. The Morgan fingerprint density at radius 1 is 0.633 bits per heavy atom. The maximum atomic E-state index is 10.2. The van der Waals surface area contributed by atoms with Crippen molar-refractivity contribution in [2.24, 2.45) is 11.8 Å². The van der Waals surface area contributed by atoms with Crippen molar-refractivity contribution in [3.05, 3.63) is 35.4 Å². The molecule has 0 spiro atoms. The van der Waals surface area contributed by atoms with Crippen LogP contribution < -0.4 is 18.9 Å². The molecule has 0 saturated carbocycles. The number of ether oxygens (including phenoxy) is 6. The smallest absolute Gasteiger partial charge is 0.200 e. The number of aromatic hydroxyl groups is 2. The predicted molar refractivity (Wildman–Crippen MR) is 107 cm³/mol. The summed E-state index contributed by atoms with van der Waals surface area (Å²) in [5.41, 5.74) is 1.72. The van der Waals surface area contributed by atoms with Crippen molar-refractivity contribution in [1.29, 1.82) is 0 Å². The molecule has 2 saturated heterocycles. The van der Waals surface area contributed by atoms with Crippen LogP contribution in [0.1, 0.15) is 23.3 Å². The van der Waals surface area contributed by atoms with E-state index in [1.165, 1.54) is 28.4 Å². The van der Waals surface area contributed by atoms with Gasteiger partial charge in [-0.15, -0.1) is 0 Å². The summed E-state index contributed by atoms with van der Waals surface area (Å²) < 4.78 is 33.4. The summed E-state index contributed by atoms with van der Waals surface area (Å²) in [4.78, 5) is 0. The summed E-state index contributed by atoms with van der Waals surface area (Å²) in [6.45, 7) is 1.02. The third kappa shape index (κ3) is 3.26. The molecule has 0 amide bonds. The first-order valence-corrected chi connectivity index (χ1v) is 9.65. The van der Waals surface area contributed by atoms with Crippen LogP contribution in [0.25, 0.3) is 0 Å². The molecule has 0 bridgehead atoms. The maximum absolute atomic E-state index is 10.2. The van der Waals surface area contributed by atoms with Crippen LogP contribution in [0.2, 0.25) is 0 Å². The third-order valence-electron chi connectivity index (χ3n) is 5.93. The lowest BCUT2D eigenvalue weighted by Crippen LogP contribution is -2.15. The van der Waals surface area contributed by atoms with Crippen molar-refractivity contribution in [1.82, 2.24) is 0 Å². The van der Waals surface area contributed by atoms with Crippen LogP contribution in [0.15, 0.2) is 24.3 Å². The van der Waals surface area contributed by atoms with Gasteiger partial charge in [0.1, 0.15) is 0 Å². The van der Waals surface area contributed by atoms with Gasteiger partial charge in [0, 0.05) is 11.8 Å². The molecule has 4 atom stereocenters. The molecule has 2 aliphatic rings. The lowest BCUT2D eigenvalue weighted by molar-refractivity contribution is 0.0190. The molecule has 30 heavy (non-hydrogen) atoms. The summed E-state index contributed by atoms with van der Waals surface area (Å²) in [5, 5.41) is 20.4. The molecule has 0 aliphatic carbocycles. The van der Waals surface area contributed by atoms with Crippen LogP contribution in [0.5, 0.6) is 34.5 Å². The predicted octanol–water partition coefficient (Wildman–Crippen LogP) is 3.21. The SMILES string of the molecule is COc1cc([C@@H]2OC[C@H]3[C@H]2CO[C@H]3c2cc(OC)c(O)c(OC)c2)cc(OC)c1O. The zero-order valence-electron chi connectivity index (χ0n) is 17.4. The normalized spacial score (nSPS) is 25.1. The van der Waals surface area contributed by atoms with E-state index < -0.39 is 0 Å². The van der Waals surface area contributed by atoms with E-state index >= 15 is 0 Å². The van der Waals surface area contributed by atoms with Gasteiger partial charge in [0.05, 0.1) is 53.9 Å². The number of rotatable bonds is 6. The van der Waals surface area contributed by atoms with Gasteiger partial charge in [-0.3, -0.25) is 0 Å². The highest BCUT2D eigenvalue weighted by Gasteiger charge is 2.48. The molecule has 2 N–H and O–H groups in total. The van der Waals surface area contributed by atoms with Gasteiger partial charge in [-0.1, -0.05) is 0 Å². The Labute approximate surface area is 174 Å². The Bertz CT molecular complexity index is 802. The first-order valence-electron chi connectivity index (χ1n) is 9.65. The van der Waals surface area contributed by atoms with Gasteiger partial charge in [0.15, 0.2) is 23.0 Å². The zero-order valence-corrected chi connectivity index (χ0v) is 17.4. The number of hydrogen-bond donors (Lipinski definition) is 2. The van der Waals surface area contributed by atoms with Crippen LogP contribution in [-0.4, -0.2) is 51.9 Å². The monoisotopic (exact) mass is 418 g/mol. The summed E-state index contributed by atoms with van der Waals surface area (Å²) >= 11 is 0. The second kappa shape index (κ2) is 8.12.